The molecule has 0 aliphatic heterocycles. The van der Waals surface area contributed by atoms with E-state index in [1.807, 2.05) is 0 Å². The number of carbonyl (C=O) groups is 4. The lowest BCUT2D eigenvalue weighted by atomic mass is 10.00. The van der Waals surface area contributed by atoms with Crippen LogP contribution in [0.3, 0.4) is 0 Å². The average Bonchev–Trinajstić information content (AvgIpc) is 2.51. The molecule has 1 aromatic carbocycles. The smallest absolute Gasteiger partial charge is 0.335 e. The summed E-state index contributed by atoms with van der Waals surface area (Å²) in [6.07, 6.45) is 0. The van der Waals surface area contributed by atoms with Crippen LogP contribution in [-0.2, 0) is 4.79 Å². The number of aromatic carboxylic acids is 1. The van der Waals surface area contributed by atoms with Gasteiger partial charge in [0.25, 0.3) is 0 Å². The van der Waals surface area contributed by atoms with Crippen LogP contribution in [0.4, 0.5) is 0 Å². The molecule has 1 atom stereocenters. The van der Waals surface area contributed by atoms with Crippen molar-refractivity contribution in [3.05, 3.63) is 34.9 Å². The van der Waals surface area contributed by atoms with Crippen LogP contribution < -0.4 is 0 Å². The molecule has 1 aromatic rings. The second-order valence-electron chi connectivity index (χ2n) is 3.84. The van der Waals surface area contributed by atoms with Crippen molar-refractivity contribution in [2.24, 2.45) is 5.92 Å². The Hall–Kier alpha value is -2.30. The Morgan fingerprint density at radius 2 is 1.71 bits per heavy atom. The summed E-state index contributed by atoms with van der Waals surface area (Å²) in [6.45, 7) is 1.17. The molecule has 2 rings (SSSR count). The first kappa shape index (κ1) is 11.2. The van der Waals surface area contributed by atoms with Gasteiger partial charge in [0.15, 0.2) is 11.6 Å². The van der Waals surface area contributed by atoms with Crippen LogP contribution >= 0.6 is 0 Å². The first-order valence-corrected chi connectivity index (χ1v) is 4.89. The van der Waals surface area contributed by atoms with Gasteiger partial charge in [-0.05, 0) is 25.1 Å². The van der Waals surface area contributed by atoms with Gasteiger partial charge in [-0.1, -0.05) is 0 Å². The van der Waals surface area contributed by atoms with Crippen LogP contribution in [0.5, 0.6) is 0 Å². The van der Waals surface area contributed by atoms with E-state index in [0.717, 1.165) is 6.07 Å². The highest BCUT2D eigenvalue weighted by atomic mass is 16.4. The lowest BCUT2D eigenvalue weighted by molar-refractivity contribution is -0.118. The fourth-order valence-electron chi connectivity index (χ4n) is 1.90. The summed E-state index contributed by atoms with van der Waals surface area (Å²) in [5.41, 5.74) is 0.0735. The molecule has 0 heterocycles. The van der Waals surface area contributed by atoms with Crippen molar-refractivity contribution in [3.8, 4) is 0 Å². The molecule has 5 nitrogen and oxygen atoms in total. The minimum absolute atomic E-state index is 0.0232. The average molecular weight is 232 g/mol. The van der Waals surface area contributed by atoms with E-state index in [0.29, 0.717) is 0 Å². The van der Waals surface area contributed by atoms with Crippen LogP contribution in [-0.4, -0.2) is 28.4 Å². The number of Topliss-reactive ketones (excluding diaryl/α,β-unsaturated/α-hetero) is 3. The Kier molecular flexibility index (Phi) is 2.38. The van der Waals surface area contributed by atoms with Crippen molar-refractivity contribution in [1.29, 1.82) is 0 Å². The van der Waals surface area contributed by atoms with Gasteiger partial charge in [-0.25, -0.2) is 4.79 Å². The van der Waals surface area contributed by atoms with Gasteiger partial charge in [0, 0.05) is 11.1 Å². The summed E-state index contributed by atoms with van der Waals surface area (Å²) in [5, 5.41) is 8.78. The fourth-order valence-corrected chi connectivity index (χ4v) is 1.90. The molecule has 0 radical (unpaired) electrons. The maximum Gasteiger partial charge on any atom is 0.335 e. The van der Waals surface area contributed by atoms with E-state index in [9.17, 15) is 19.2 Å². The highest BCUT2D eigenvalue weighted by molar-refractivity contribution is 6.35. The molecule has 1 aliphatic rings. The predicted octanol–water partition coefficient (Wildman–Crippen LogP) is 0.969. The zero-order chi connectivity index (χ0) is 12.7. The Bertz CT molecular complexity index is 570. The fraction of sp³-hybridized carbons (Fsp3) is 0.167. The number of hydrogen-bond donors (Lipinski definition) is 1. The number of hydrogen-bond acceptors (Lipinski definition) is 4. The Morgan fingerprint density at radius 1 is 1.12 bits per heavy atom. The normalized spacial score (nSPS) is 18.1. The minimum Gasteiger partial charge on any atom is -0.478 e. The Labute approximate surface area is 96.1 Å². The summed E-state index contributed by atoms with van der Waals surface area (Å²) in [5.74, 6) is -4.16. The minimum atomic E-state index is -1.30. The number of fused-ring (bicyclic) bond motifs is 1. The van der Waals surface area contributed by atoms with Gasteiger partial charge in [0.1, 0.15) is 11.7 Å². The summed E-state index contributed by atoms with van der Waals surface area (Å²) >= 11 is 0. The Balaban J connectivity index is 2.58. The highest BCUT2D eigenvalue weighted by Crippen LogP contribution is 2.28. The standard InChI is InChI=1S/C12H8O5/c1-5(13)9-10(14)7-3-2-6(12(16)17)4-8(7)11(9)15/h2-4,9H,1H3,(H,16,17)/t9-/m1/s1. The second-order valence-corrected chi connectivity index (χ2v) is 3.84. The number of carbonyl (C=O) groups excluding carboxylic acids is 3. The molecule has 0 amide bonds. The second kappa shape index (κ2) is 3.62. The van der Waals surface area contributed by atoms with Gasteiger partial charge < -0.3 is 5.11 Å². The van der Waals surface area contributed by atoms with Gasteiger partial charge in [-0.2, -0.15) is 0 Å². The number of ketones is 3. The maximum absolute atomic E-state index is 11.8. The van der Waals surface area contributed by atoms with E-state index in [4.69, 9.17) is 5.11 Å². The first-order chi connectivity index (χ1) is 7.93. The van der Waals surface area contributed by atoms with Crippen LogP contribution in [0.15, 0.2) is 18.2 Å². The largest absolute Gasteiger partial charge is 0.478 e. The molecule has 17 heavy (non-hydrogen) atoms. The Morgan fingerprint density at radius 3 is 2.24 bits per heavy atom. The summed E-state index contributed by atoms with van der Waals surface area (Å²) in [4.78, 5) is 45.5. The lowest BCUT2D eigenvalue weighted by Gasteiger charge is -1.98. The predicted molar refractivity (Wildman–Crippen MR) is 56.2 cm³/mol. The SMILES string of the molecule is CC(=O)[C@@H]1C(=O)c2ccc(C(=O)O)cc2C1=O. The number of benzene rings is 1. The maximum atomic E-state index is 11.8. The van der Waals surface area contributed by atoms with E-state index in [1.54, 1.807) is 0 Å². The van der Waals surface area contributed by atoms with E-state index < -0.39 is 29.2 Å². The van der Waals surface area contributed by atoms with Gasteiger partial charge in [0.05, 0.1) is 5.56 Å². The van der Waals surface area contributed by atoms with Gasteiger partial charge in [0.2, 0.25) is 0 Å². The molecule has 0 spiro atoms. The topological polar surface area (TPSA) is 88.5 Å². The van der Waals surface area contributed by atoms with Crippen molar-refractivity contribution in [2.75, 3.05) is 0 Å². The molecular weight excluding hydrogens is 224 g/mol. The molecule has 0 saturated heterocycles. The molecule has 0 fully saturated rings. The van der Waals surface area contributed by atoms with Crippen molar-refractivity contribution in [3.63, 3.8) is 0 Å². The van der Waals surface area contributed by atoms with E-state index >= 15 is 0 Å². The number of carboxylic acids is 1. The molecule has 86 valence electrons. The summed E-state index contributed by atoms with van der Waals surface area (Å²) < 4.78 is 0. The molecule has 5 heteroatoms. The molecular formula is C12H8O5. The number of rotatable bonds is 2. The third-order valence-corrected chi connectivity index (χ3v) is 2.73. The molecule has 0 unspecified atom stereocenters. The number of carboxylic acid groups (broad SMARTS) is 1. The summed E-state index contributed by atoms with van der Waals surface area (Å²) in [6, 6.07) is 3.66. The van der Waals surface area contributed by atoms with E-state index in [1.165, 1.54) is 19.1 Å². The van der Waals surface area contributed by atoms with E-state index in [2.05, 4.69) is 0 Å². The van der Waals surface area contributed by atoms with E-state index in [-0.39, 0.29) is 16.7 Å². The lowest BCUT2D eigenvalue weighted by Crippen LogP contribution is -2.22. The summed E-state index contributed by atoms with van der Waals surface area (Å²) in [7, 11) is 0. The molecule has 1 N–H and O–H groups in total. The van der Waals surface area contributed by atoms with Gasteiger partial charge >= 0.3 is 5.97 Å². The van der Waals surface area contributed by atoms with Crippen molar-refractivity contribution < 1.29 is 24.3 Å². The monoisotopic (exact) mass is 232 g/mol. The third kappa shape index (κ3) is 1.56. The molecule has 0 aromatic heterocycles. The third-order valence-electron chi connectivity index (χ3n) is 2.73. The first-order valence-electron chi connectivity index (χ1n) is 4.89. The van der Waals surface area contributed by atoms with Gasteiger partial charge in [-0.15, -0.1) is 0 Å². The van der Waals surface area contributed by atoms with Crippen molar-refractivity contribution in [1.82, 2.24) is 0 Å². The van der Waals surface area contributed by atoms with Gasteiger partial charge in [-0.3, -0.25) is 14.4 Å². The van der Waals surface area contributed by atoms with Crippen molar-refractivity contribution >= 4 is 23.3 Å². The zero-order valence-electron chi connectivity index (χ0n) is 8.89. The van der Waals surface area contributed by atoms with Crippen LogP contribution in [0.1, 0.15) is 38.0 Å². The highest BCUT2D eigenvalue weighted by Gasteiger charge is 2.41. The van der Waals surface area contributed by atoms with Crippen LogP contribution in [0.2, 0.25) is 0 Å². The molecule has 0 saturated carbocycles. The van der Waals surface area contributed by atoms with Crippen molar-refractivity contribution in [2.45, 2.75) is 6.92 Å². The molecule has 1 aliphatic carbocycles. The quantitative estimate of drug-likeness (QED) is 0.767. The van der Waals surface area contributed by atoms with Crippen LogP contribution in [0.25, 0.3) is 0 Å². The molecule has 0 bridgehead atoms. The zero-order valence-corrected chi connectivity index (χ0v) is 8.89. The van der Waals surface area contributed by atoms with Crippen LogP contribution in [0, 0.1) is 5.92 Å².